The standard InChI is InChI=1S/C58H52S8/c1-7-37-27-29-59-53(37)49-31-41(11-5)57(63-49)51-33-39(9-3)55(65-51)47-25-23-45(61-47)43-19-15-35(16-20-43)13-14-36-17-21-44(22-18-36)46-24-26-48(62-46)56-40(10-4)34-52(66-56)58-42(12-6)32-50(64-58)54-38(8-2)28-30-60-54/h13-34H,7-12H2,1-6H3. The van der Waals surface area contributed by atoms with E-state index in [1.807, 2.05) is 90.7 Å². The molecule has 0 aliphatic heterocycles. The smallest absolute Gasteiger partial charge is 0.0481 e. The maximum Gasteiger partial charge on any atom is 0.0481 e. The van der Waals surface area contributed by atoms with E-state index in [4.69, 9.17) is 0 Å². The second-order valence-corrected chi connectivity index (χ2v) is 24.6. The van der Waals surface area contributed by atoms with Crippen LogP contribution in [0.4, 0.5) is 0 Å². The molecular formula is C58H52S8. The van der Waals surface area contributed by atoms with E-state index in [1.54, 1.807) is 0 Å². The van der Waals surface area contributed by atoms with E-state index in [1.165, 1.54) is 124 Å². The van der Waals surface area contributed by atoms with Crippen molar-refractivity contribution in [2.75, 3.05) is 0 Å². The fourth-order valence-corrected chi connectivity index (χ4v) is 18.5. The molecule has 0 aliphatic carbocycles. The second kappa shape index (κ2) is 20.2. The van der Waals surface area contributed by atoms with Gasteiger partial charge in [-0.1, -0.05) is 102 Å². The molecule has 8 aromatic heterocycles. The summed E-state index contributed by atoms with van der Waals surface area (Å²) in [6.45, 7) is 13.7. The fourth-order valence-electron chi connectivity index (χ4n) is 8.65. The van der Waals surface area contributed by atoms with Crippen LogP contribution in [-0.4, -0.2) is 0 Å². The van der Waals surface area contributed by atoms with E-state index >= 15 is 0 Å². The third-order valence-electron chi connectivity index (χ3n) is 12.4. The van der Waals surface area contributed by atoms with Gasteiger partial charge >= 0.3 is 0 Å². The Kier molecular flexibility index (Phi) is 13.9. The Morgan fingerprint density at radius 1 is 0.288 bits per heavy atom. The number of thiophene rings is 8. The molecule has 0 spiro atoms. The predicted octanol–water partition coefficient (Wildman–Crippen LogP) is 21.1. The third kappa shape index (κ3) is 9.09. The second-order valence-electron chi connectivity index (χ2n) is 16.4. The lowest BCUT2D eigenvalue weighted by Gasteiger charge is -2.01. The topological polar surface area (TPSA) is 0 Å². The first kappa shape index (κ1) is 45.6. The molecule has 0 unspecified atom stereocenters. The molecule has 0 fully saturated rings. The Morgan fingerprint density at radius 2 is 0.591 bits per heavy atom. The summed E-state index contributed by atoms with van der Waals surface area (Å²) in [6.07, 6.45) is 10.8. The number of rotatable bonds is 16. The summed E-state index contributed by atoms with van der Waals surface area (Å²) in [5.41, 5.74) is 13.7. The van der Waals surface area contributed by atoms with Gasteiger partial charge in [-0.25, -0.2) is 0 Å². The van der Waals surface area contributed by atoms with Crippen molar-refractivity contribution in [2.24, 2.45) is 0 Å². The first-order valence-electron chi connectivity index (χ1n) is 23.1. The maximum atomic E-state index is 2.47. The quantitative estimate of drug-likeness (QED) is 0.0846. The minimum absolute atomic E-state index is 1.03. The molecule has 0 radical (unpaired) electrons. The summed E-state index contributed by atoms with van der Waals surface area (Å²) in [5, 5.41) is 4.49. The zero-order chi connectivity index (χ0) is 45.3. The molecule has 66 heavy (non-hydrogen) atoms. The van der Waals surface area contributed by atoms with Crippen LogP contribution < -0.4 is 0 Å². The highest BCUT2D eigenvalue weighted by atomic mass is 32.1. The SMILES string of the molecule is CCc1ccsc1-c1cc(CC)c(-c2cc(CC)c(-c3ccc(-c4ccc(C=Cc5ccc(-c6ccc(-c7sc(-c8sc(-c9sccc9CC)cc8CC)cc7CC)s6)cc5)cc4)s3)s2)s1. The molecule has 10 aromatic rings. The zero-order valence-corrected chi connectivity index (χ0v) is 44.7. The first-order valence-corrected chi connectivity index (χ1v) is 29.8. The molecule has 2 aromatic carbocycles. The number of aryl methyl sites for hydroxylation is 6. The molecule has 8 heterocycles. The van der Waals surface area contributed by atoms with Crippen molar-refractivity contribution in [3.8, 4) is 79.4 Å². The van der Waals surface area contributed by atoms with Gasteiger partial charge < -0.3 is 0 Å². The summed E-state index contributed by atoms with van der Waals surface area (Å²) < 4.78 is 0. The molecule has 10 rings (SSSR count). The minimum atomic E-state index is 1.03. The van der Waals surface area contributed by atoms with Crippen molar-refractivity contribution >= 4 is 103 Å². The number of benzene rings is 2. The van der Waals surface area contributed by atoms with Crippen LogP contribution in [-0.2, 0) is 38.5 Å². The molecular weight excluding hydrogens is 953 g/mol. The highest BCUT2D eigenvalue weighted by molar-refractivity contribution is 7.30. The molecule has 0 bridgehead atoms. The maximum absolute atomic E-state index is 2.47. The molecule has 0 N–H and O–H groups in total. The van der Waals surface area contributed by atoms with Crippen molar-refractivity contribution in [1.29, 1.82) is 0 Å². The van der Waals surface area contributed by atoms with Gasteiger partial charge in [0.1, 0.15) is 0 Å². The Bertz CT molecular complexity index is 3040. The van der Waals surface area contributed by atoms with E-state index in [9.17, 15) is 0 Å². The number of hydrogen-bond acceptors (Lipinski definition) is 8. The Morgan fingerprint density at radius 3 is 0.924 bits per heavy atom. The molecule has 0 atom stereocenters. The lowest BCUT2D eigenvalue weighted by atomic mass is 10.1. The summed E-state index contributed by atoms with van der Waals surface area (Å²) in [5.74, 6) is 0. The lowest BCUT2D eigenvalue weighted by molar-refractivity contribution is 1.15. The van der Waals surface area contributed by atoms with Gasteiger partial charge in [0.25, 0.3) is 0 Å². The molecule has 8 heteroatoms. The van der Waals surface area contributed by atoms with Crippen molar-refractivity contribution < 1.29 is 0 Å². The van der Waals surface area contributed by atoms with Gasteiger partial charge in [-0.05, 0) is 166 Å². The molecule has 0 saturated heterocycles. The fraction of sp³-hybridized carbons (Fsp3) is 0.207. The predicted molar refractivity (Wildman–Crippen MR) is 305 cm³/mol. The van der Waals surface area contributed by atoms with Gasteiger partial charge in [0.05, 0.1) is 0 Å². The van der Waals surface area contributed by atoms with Gasteiger partial charge in [-0.15, -0.1) is 90.7 Å². The van der Waals surface area contributed by atoms with Crippen LogP contribution in [0.1, 0.15) is 86.1 Å². The zero-order valence-electron chi connectivity index (χ0n) is 38.2. The van der Waals surface area contributed by atoms with Crippen LogP contribution in [0.2, 0.25) is 0 Å². The van der Waals surface area contributed by atoms with Crippen LogP contribution in [0.5, 0.6) is 0 Å². The van der Waals surface area contributed by atoms with Gasteiger partial charge in [-0.2, -0.15) is 0 Å². The third-order valence-corrected chi connectivity index (χ3v) is 22.4. The lowest BCUT2D eigenvalue weighted by Crippen LogP contribution is -1.78. The van der Waals surface area contributed by atoms with Crippen molar-refractivity contribution in [3.05, 3.63) is 164 Å². The highest BCUT2D eigenvalue weighted by Gasteiger charge is 2.21. The van der Waals surface area contributed by atoms with Crippen LogP contribution in [0.15, 0.2) is 120 Å². The Labute approximate surface area is 422 Å². The van der Waals surface area contributed by atoms with E-state index in [0.717, 1.165) is 38.5 Å². The minimum Gasteiger partial charge on any atom is -0.143 e. The first-order chi connectivity index (χ1) is 32.4. The van der Waals surface area contributed by atoms with Gasteiger partial charge in [0.2, 0.25) is 0 Å². The van der Waals surface area contributed by atoms with Crippen LogP contribution in [0.25, 0.3) is 91.6 Å². The summed E-state index contributed by atoms with van der Waals surface area (Å²) >= 11 is 15.5. The number of hydrogen-bond donors (Lipinski definition) is 0. The van der Waals surface area contributed by atoms with Crippen LogP contribution in [0.3, 0.4) is 0 Å². The molecule has 0 amide bonds. The van der Waals surface area contributed by atoms with Crippen LogP contribution >= 0.6 is 90.7 Å². The normalized spacial score (nSPS) is 11.8. The Hall–Kier alpha value is -4.22. The van der Waals surface area contributed by atoms with Crippen molar-refractivity contribution in [2.45, 2.75) is 80.1 Å². The molecule has 0 aliphatic rings. The summed E-state index contributed by atoms with van der Waals surface area (Å²) in [4.78, 5) is 19.7. The van der Waals surface area contributed by atoms with Gasteiger partial charge in [0.15, 0.2) is 0 Å². The van der Waals surface area contributed by atoms with Crippen LogP contribution in [0, 0.1) is 0 Å². The molecule has 0 nitrogen and oxygen atoms in total. The van der Waals surface area contributed by atoms with E-state index < -0.39 is 0 Å². The van der Waals surface area contributed by atoms with Crippen molar-refractivity contribution in [3.63, 3.8) is 0 Å². The highest BCUT2D eigenvalue weighted by Crippen LogP contribution is 2.50. The van der Waals surface area contributed by atoms with E-state index in [0.29, 0.717) is 0 Å². The van der Waals surface area contributed by atoms with E-state index in [2.05, 4.69) is 174 Å². The summed E-state index contributed by atoms with van der Waals surface area (Å²) in [6, 6.07) is 41.8. The average Bonchev–Trinajstić information content (AvgIpc) is 4.21. The molecule has 0 saturated carbocycles. The van der Waals surface area contributed by atoms with Gasteiger partial charge in [0, 0.05) is 68.3 Å². The average molecular weight is 1010 g/mol. The Balaban J connectivity index is 0.811. The largest absolute Gasteiger partial charge is 0.143 e. The van der Waals surface area contributed by atoms with Gasteiger partial charge in [-0.3, -0.25) is 0 Å². The summed E-state index contributed by atoms with van der Waals surface area (Å²) in [7, 11) is 0. The van der Waals surface area contributed by atoms with Crippen molar-refractivity contribution in [1.82, 2.24) is 0 Å². The molecule has 332 valence electrons. The monoisotopic (exact) mass is 1000 g/mol. The van der Waals surface area contributed by atoms with E-state index in [-0.39, 0.29) is 0 Å².